The van der Waals surface area contributed by atoms with Crippen LogP contribution in [0, 0.1) is 11.7 Å². The minimum atomic E-state index is -5.04. The molecule has 3 N–H and O–H groups in total. The van der Waals surface area contributed by atoms with Gasteiger partial charge < -0.3 is 20.3 Å². The van der Waals surface area contributed by atoms with Crippen molar-refractivity contribution in [2.24, 2.45) is 5.92 Å². The van der Waals surface area contributed by atoms with Crippen LogP contribution in [0.2, 0.25) is 0 Å². The van der Waals surface area contributed by atoms with Gasteiger partial charge in [0.05, 0.1) is 24.3 Å². The van der Waals surface area contributed by atoms with Gasteiger partial charge in [-0.3, -0.25) is 9.48 Å². The van der Waals surface area contributed by atoms with Crippen LogP contribution in [0.1, 0.15) is 35.0 Å². The van der Waals surface area contributed by atoms with Crippen LogP contribution in [-0.2, 0) is 6.54 Å². The van der Waals surface area contributed by atoms with Gasteiger partial charge in [-0.2, -0.15) is 5.10 Å². The van der Waals surface area contributed by atoms with Crippen molar-refractivity contribution in [3.05, 3.63) is 65.6 Å². The molecule has 0 radical (unpaired) electrons. The lowest BCUT2D eigenvalue weighted by molar-refractivity contribution is -0.275. The van der Waals surface area contributed by atoms with Crippen molar-refractivity contribution in [2.75, 3.05) is 5.32 Å². The van der Waals surface area contributed by atoms with E-state index in [-0.39, 0.29) is 35.1 Å². The second-order valence-corrected chi connectivity index (χ2v) is 8.27. The van der Waals surface area contributed by atoms with E-state index in [9.17, 15) is 32.6 Å². The molecule has 1 aliphatic carbocycles. The third-order valence-corrected chi connectivity index (χ3v) is 5.69. The number of hydrogen-bond donors (Lipinski definition) is 3. The quantitative estimate of drug-likeness (QED) is 0.338. The van der Waals surface area contributed by atoms with E-state index in [0.29, 0.717) is 6.42 Å². The van der Waals surface area contributed by atoms with Crippen molar-refractivity contribution in [3.8, 4) is 5.75 Å². The number of aliphatic hydroxyl groups excluding tert-OH is 2. The van der Waals surface area contributed by atoms with Crippen molar-refractivity contribution < 1.29 is 37.3 Å². The third kappa shape index (κ3) is 5.57. The summed E-state index contributed by atoms with van der Waals surface area (Å²) in [7, 11) is 0. The molecule has 0 bridgehead atoms. The number of aromatic nitrogens is 4. The number of anilines is 1. The first kappa shape index (κ1) is 24.5. The first-order valence-electron chi connectivity index (χ1n) is 10.6. The molecule has 0 spiro atoms. The smallest absolute Gasteiger partial charge is 0.403 e. The summed E-state index contributed by atoms with van der Waals surface area (Å²) in [6.07, 6.45) is -2.56. The minimum Gasteiger partial charge on any atom is -0.403 e. The molecule has 4 atom stereocenters. The number of carbonyl (C=O) groups excluding carboxylic acids is 1. The molecule has 1 saturated carbocycles. The van der Waals surface area contributed by atoms with Gasteiger partial charge in [-0.05, 0) is 36.1 Å². The summed E-state index contributed by atoms with van der Waals surface area (Å²) in [4.78, 5) is 21.0. The highest BCUT2D eigenvalue weighted by Crippen LogP contribution is 2.30. The Morgan fingerprint density at radius 3 is 2.71 bits per heavy atom. The first-order chi connectivity index (χ1) is 16.5. The highest BCUT2D eigenvalue weighted by Gasteiger charge is 2.39. The fourth-order valence-electron chi connectivity index (χ4n) is 3.93. The van der Waals surface area contributed by atoms with Gasteiger partial charge in [-0.15, -0.1) is 13.2 Å². The van der Waals surface area contributed by atoms with Crippen molar-refractivity contribution in [1.29, 1.82) is 0 Å². The summed E-state index contributed by atoms with van der Waals surface area (Å²) in [5.74, 6) is -2.65. The molecule has 0 saturated heterocycles. The van der Waals surface area contributed by atoms with Crippen LogP contribution >= 0.6 is 0 Å². The van der Waals surface area contributed by atoms with E-state index < -0.39 is 42.0 Å². The molecule has 186 valence electrons. The lowest BCUT2D eigenvalue weighted by Gasteiger charge is -2.19. The average Bonchev–Trinajstić information content (AvgIpc) is 3.35. The Morgan fingerprint density at radius 2 is 2.03 bits per heavy atom. The first-order valence-corrected chi connectivity index (χ1v) is 10.6. The molecule has 4 rings (SSSR count). The number of hydrogen-bond acceptors (Lipinski definition) is 8. The number of nitrogens with zero attached hydrogens (tertiary/aromatic N) is 4. The fourth-order valence-corrected chi connectivity index (χ4v) is 3.93. The molecule has 1 aliphatic rings. The van der Waals surface area contributed by atoms with Crippen LogP contribution < -0.4 is 10.1 Å². The number of halogens is 4. The van der Waals surface area contributed by atoms with Gasteiger partial charge in [0.25, 0.3) is 0 Å². The zero-order valence-electron chi connectivity index (χ0n) is 18.3. The molecule has 2 heterocycles. The van der Waals surface area contributed by atoms with Gasteiger partial charge in [0, 0.05) is 12.4 Å². The van der Waals surface area contributed by atoms with E-state index in [2.05, 4.69) is 25.1 Å². The lowest BCUT2D eigenvalue weighted by atomic mass is 10.1. The number of carbonyl (C=O) groups is 1. The maximum Gasteiger partial charge on any atom is 0.573 e. The van der Waals surface area contributed by atoms with E-state index in [0.717, 1.165) is 12.1 Å². The number of ether oxygens (including phenoxy) is 1. The molecule has 2 aromatic heterocycles. The van der Waals surface area contributed by atoms with Crippen molar-refractivity contribution in [3.63, 3.8) is 0 Å². The number of rotatable bonds is 7. The van der Waals surface area contributed by atoms with E-state index in [1.165, 1.54) is 35.5 Å². The Bertz CT molecular complexity index is 1220. The topological polar surface area (TPSA) is 122 Å². The molecule has 0 amide bonds. The molecule has 1 fully saturated rings. The highest BCUT2D eigenvalue weighted by molar-refractivity contribution is 6.10. The van der Waals surface area contributed by atoms with Crippen molar-refractivity contribution >= 4 is 11.6 Å². The summed E-state index contributed by atoms with van der Waals surface area (Å²) in [6, 6.07) is 3.91. The van der Waals surface area contributed by atoms with E-state index >= 15 is 0 Å². The zero-order valence-corrected chi connectivity index (χ0v) is 18.3. The third-order valence-electron chi connectivity index (χ3n) is 5.69. The number of nitrogens with one attached hydrogen (secondary N) is 1. The minimum absolute atomic E-state index is 0.0112. The molecule has 1 aromatic carbocycles. The monoisotopic (exact) mass is 495 g/mol. The van der Waals surface area contributed by atoms with Crippen LogP contribution in [0.15, 0.2) is 43.0 Å². The van der Waals surface area contributed by atoms with E-state index in [1.54, 1.807) is 6.92 Å². The van der Waals surface area contributed by atoms with Gasteiger partial charge in [0.1, 0.15) is 23.9 Å². The van der Waals surface area contributed by atoms with Crippen molar-refractivity contribution in [1.82, 2.24) is 19.7 Å². The van der Waals surface area contributed by atoms with E-state index in [4.69, 9.17) is 0 Å². The molecule has 0 aliphatic heterocycles. The Morgan fingerprint density at radius 1 is 1.26 bits per heavy atom. The fraction of sp³-hybridized carbons (Fsp3) is 0.364. The Labute approximate surface area is 196 Å². The molecule has 3 aromatic rings. The largest absolute Gasteiger partial charge is 0.573 e. The molecule has 0 unspecified atom stereocenters. The zero-order chi connectivity index (χ0) is 25.3. The summed E-state index contributed by atoms with van der Waals surface area (Å²) in [6.45, 7) is 1.75. The molecular formula is C22H21F4N5O4. The molecule has 35 heavy (non-hydrogen) atoms. The molecule has 13 heteroatoms. The SMILES string of the molecule is C[C@@H]1C[C@@H](Nc2ncncc2C(=O)c2ccn(Cc3ccc(F)c(OC(F)(F)F)c3)n2)[C@H](O)[C@@H]1O. The highest BCUT2D eigenvalue weighted by atomic mass is 19.4. The van der Waals surface area contributed by atoms with E-state index in [1.807, 2.05) is 0 Å². The predicted octanol–water partition coefficient (Wildman–Crippen LogP) is 2.53. The summed E-state index contributed by atoms with van der Waals surface area (Å²) in [5.41, 5.74) is 0.361. The Kier molecular flexibility index (Phi) is 6.72. The summed E-state index contributed by atoms with van der Waals surface area (Å²) in [5, 5.41) is 27.4. The molecular weight excluding hydrogens is 474 g/mol. The molecule has 9 nitrogen and oxygen atoms in total. The van der Waals surface area contributed by atoms with Crippen LogP contribution in [0.25, 0.3) is 0 Å². The Hall–Kier alpha value is -3.58. The maximum atomic E-state index is 13.6. The number of aliphatic hydroxyl groups is 2. The van der Waals surface area contributed by atoms with Gasteiger partial charge in [-0.1, -0.05) is 13.0 Å². The lowest BCUT2D eigenvalue weighted by Crippen LogP contribution is -2.35. The van der Waals surface area contributed by atoms with Crippen LogP contribution in [-0.4, -0.2) is 60.4 Å². The normalized spacial score (nSPS) is 22.3. The number of ketones is 1. The van der Waals surface area contributed by atoms with Gasteiger partial charge >= 0.3 is 6.36 Å². The van der Waals surface area contributed by atoms with Crippen molar-refractivity contribution in [2.45, 2.75) is 44.5 Å². The predicted molar refractivity (Wildman–Crippen MR) is 113 cm³/mol. The average molecular weight is 495 g/mol. The summed E-state index contributed by atoms with van der Waals surface area (Å²) >= 11 is 0. The second-order valence-electron chi connectivity index (χ2n) is 8.27. The Balaban J connectivity index is 1.50. The number of benzene rings is 1. The van der Waals surface area contributed by atoms with Crippen LogP contribution in [0.5, 0.6) is 5.75 Å². The second kappa shape index (κ2) is 9.58. The standard InChI is InChI=1S/C22H21F4N5O4/c1-11-6-16(20(34)18(11)32)29-21-13(8-27-10-28-21)19(33)15-4-5-31(30-15)9-12-2-3-14(23)17(7-12)35-22(24,25)26/h2-5,7-8,10-11,16,18,20,32,34H,6,9H2,1H3,(H,27,28,29)/t11-,16-,18-,20+/m1/s1. The van der Waals surface area contributed by atoms with Gasteiger partial charge in [0.15, 0.2) is 11.6 Å². The van der Waals surface area contributed by atoms with Crippen LogP contribution in [0.3, 0.4) is 0 Å². The van der Waals surface area contributed by atoms with Gasteiger partial charge in [0.2, 0.25) is 5.78 Å². The van der Waals surface area contributed by atoms with Crippen LogP contribution in [0.4, 0.5) is 23.4 Å². The maximum absolute atomic E-state index is 13.6. The number of alkyl halides is 3. The summed E-state index contributed by atoms with van der Waals surface area (Å²) < 4.78 is 56.0. The van der Waals surface area contributed by atoms with Gasteiger partial charge in [-0.25, -0.2) is 14.4 Å².